The Bertz CT molecular complexity index is 3200. The summed E-state index contributed by atoms with van der Waals surface area (Å²) >= 11 is 0. The molecular formula is C60H53N4OPt-3. The van der Waals surface area contributed by atoms with Gasteiger partial charge in [-0.3, -0.25) is 0 Å². The van der Waals surface area contributed by atoms with Gasteiger partial charge in [0, 0.05) is 60.8 Å². The summed E-state index contributed by atoms with van der Waals surface area (Å²) in [6.07, 6.45) is 6.08. The molecule has 0 spiro atoms. The van der Waals surface area contributed by atoms with Crippen molar-refractivity contribution in [3.63, 3.8) is 0 Å². The van der Waals surface area contributed by atoms with Crippen molar-refractivity contribution >= 4 is 33.2 Å². The van der Waals surface area contributed by atoms with E-state index in [9.17, 15) is 0 Å². The first-order chi connectivity index (χ1) is 31.3. The van der Waals surface area contributed by atoms with Gasteiger partial charge in [0.05, 0.1) is 0 Å². The summed E-state index contributed by atoms with van der Waals surface area (Å²) in [7, 11) is 0. The zero-order valence-corrected chi connectivity index (χ0v) is 40.8. The van der Waals surface area contributed by atoms with E-state index in [0.717, 1.165) is 50.1 Å². The fraction of sp³-hybridized carbons (Fsp3) is 0.167. The van der Waals surface area contributed by atoms with Crippen molar-refractivity contribution < 1.29 is 25.8 Å². The molecule has 0 unspecified atom stereocenters. The van der Waals surface area contributed by atoms with Crippen LogP contribution < -0.4 is 14.5 Å². The largest absolute Gasteiger partial charge is 0.509 e. The van der Waals surface area contributed by atoms with Crippen LogP contribution in [0, 0.1) is 18.8 Å². The molecule has 9 aromatic rings. The molecule has 10 rings (SSSR count). The summed E-state index contributed by atoms with van der Waals surface area (Å²) in [6.45, 7) is 18.0. The minimum atomic E-state index is -0.255. The van der Waals surface area contributed by atoms with Gasteiger partial charge in [-0.15, -0.1) is 53.6 Å². The summed E-state index contributed by atoms with van der Waals surface area (Å²) in [6, 6.07) is 67.5. The number of hydrogen-bond donors (Lipinski definition) is 0. The average molecular weight is 1040 g/mol. The van der Waals surface area contributed by atoms with Gasteiger partial charge in [-0.25, -0.2) is 4.98 Å². The SMILES string of the molecule is CC(C)(C)c1cccc(N2C=CN(c3[c-]c(Oc4[c-]c5c(cc4)c4cc(C(C)(C)c6ccccc6)ccc4n5-c4cc(C(C)(C)c5ccccc5)ccn4)cc(-c4ccccc4)c3)[CH-]2)c1.[Pt]. The fourth-order valence-electron chi connectivity index (χ4n) is 9.00. The maximum absolute atomic E-state index is 6.85. The predicted octanol–water partition coefficient (Wildman–Crippen LogP) is 15.1. The quantitative estimate of drug-likeness (QED) is 0.128. The van der Waals surface area contributed by atoms with Gasteiger partial charge >= 0.3 is 0 Å². The molecule has 0 aliphatic carbocycles. The number of pyridine rings is 1. The molecule has 6 heteroatoms. The van der Waals surface area contributed by atoms with E-state index < -0.39 is 0 Å². The minimum Gasteiger partial charge on any atom is -0.509 e. The Morgan fingerprint density at radius 2 is 1.14 bits per heavy atom. The second kappa shape index (κ2) is 17.6. The van der Waals surface area contributed by atoms with Crippen LogP contribution in [0.25, 0.3) is 38.8 Å². The van der Waals surface area contributed by atoms with Gasteiger partial charge in [-0.1, -0.05) is 169 Å². The van der Waals surface area contributed by atoms with Crippen LogP contribution >= 0.6 is 0 Å². The zero-order chi connectivity index (χ0) is 44.9. The standard InChI is InChI=1S/C60H53N4O.Pt/c1-58(2,3)46-24-17-25-49(36-46)62-32-33-63(41-62)50-34-43(42-18-11-8-12-19-42)35-52(39-50)65-51-27-28-53-54-37-47(59(4,5)44-20-13-9-14-21-44)26-29-55(54)64(56(53)40-51)57-38-48(30-31-61-57)60(6,7)45-22-15-10-16-23-45;/h8-38,41H,1-7H3;/q-3;. The van der Waals surface area contributed by atoms with Crippen molar-refractivity contribution in [1.29, 1.82) is 0 Å². The van der Waals surface area contributed by atoms with E-state index >= 15 is 0 Å². The maximum atomic E-state index is 6.85. The molecule has 7 aromatic carbocycles. The number of benzene rings is 7. The Kier molecular flexibility index (Phi) is 11.9. The van der Waals surface area contributed by atoms with Crippen molar-refractivity contribution in [3.8, 4) is 28.4 Å². The molecule has 0 bridgehead atoms. The van der Waals surface area contributed by atoms with E-state index in [2.05, 4.69) is 252 Å². The molecule has 66 heavy (non-hydrogen) atoms. The Hall–Kier alpha value is -6.68. The molecule has 1 aliphatic rings. The van der Waals surface area contributed by atoms with E-state index in [1.54, 1.807) is 0 Å². The van der Waals surface area contributed by atoms with Crippen LogP contribution in [0.3, 0.4) is 0 Å². The van der Waals surface area contributed by atoms with Gasteiger partial charge in [0.15, 0.2) is 0 Å². The first-order valence-electron chi connectivity index (χ1n) is 22.4. The first kappa shape index (κ1) is 44.5. The molecule has 3 heterocycles. The van der Waals surface area contributed by atoms with Gasteiger partial charge < -0.3 is 19.1 Å². The Morgan fingerprint density at radius 1 is 0.500 bits per heavy atom. The Morgan fingerprint density at radius 3 is 1.82 bits per heavy atom. The number of ether oxygens (including phenoxy) is 1. The second-order valence-electron chi connectivity index (χ2n) is 19.2. The van der Waals surface area contributed by atoms with E-state index in [0.29, 0.717) is 11.5 Å². The third kappa shape index (κ3) is 8.49. The van der Waals surface area contributed by atoms with Crippen molar-refractivity contribution in [2.75, 3.05) is 9.80 Å². The van der Waals surface area contributed by atoms with Gasteiger partial charge in [-0.2, -0.15) is 6.07 Å². The summed E-state index contributed by atoms with van der Waals surface area (Å²) in [5, 5.41) is 2.20. The number of anilines is 2. The zero-order valence-electron chi connectivity index (χ0n) is 38.5. The molecule has 0 radical (unpaired) electrons. The third-order valence-corrected chi connectivity index (χ3v) is 13.1. The predicted molar refractivity (Wildman–Crippen MR) is 269 cm³/mol. The molecule has 0 amide bonds. The monoisotopic (exact) mass is 1040 g/mol. The smallest absolute Gasteiger partial charge is 0.135 e. The van der Waals surface area contributed by atoms with Crippen molar-refractivity contribution in [2.45, 2.75) is 64.7 Å². The topological polar surface area (TPSA) is 33.5 Å². The average Bonchev–Trinajstić information content (AvgIpc) is 3.96. The van der Waals surface area contributed by atoms with Gasteiger partial charge in [-0.05, 0) is 86.9 Å². The molecule has 0 N–H and O–H groups in total. The van der Waals surface area contributed by atoms with E-state index in [1.165, 1.54) is 27.8 Å². The van der Waals surface area contributed by atoms with Crippen LogP contribution in [0.5, 0.6) is 11.5 Å². The summed E-state index contributed by atoms with van der Waals surface area (Å²) < 4.78 is 9.09. The van der Waals surface area contributed by atoms with Crippen LogP contribution in [-0.2, 0) is 37.3 Å². The summed E-state index contributed by atoms with van der Waals surface area (Å²) in [5.41, 5.74) is 11.8. The Balaban J connectivity index is 0.00000548. The van der Waals surface area contributed by atoms with Crippen LogP contribution in [0.1, 0.15) is 76.3 Å². The molecule has 5 nitrogen and oxygen atoms in total. The minimum absolute atomic E-state index is 0. The first-order valence-corrected chi connectivity index (χ1v) is 22.4. The molecule has 2 aromatic heterocycles. The van der Waals surface area contributed by atoms with Crippen LogP contribution in [0.2, 0.25) is 0 Å². The normalized spacial score (nSPS) is 13.1. The Labute approximate surface area is 404 Å². The molecule has 0 fully saturated rings. The number of hydrogen-bond acceptors (Lipinski definition) is 4. The number of aromatic nitrogens is 2. The van der Waals surface area contributed by atoms with Gasteiger partial charge in [0.25, 0.3) is 0 Å². The van der Waals surface area contributed by atoms with Gasteiger partial charge in [0.2, 0.25) is 0 Å². The van der Waals surface area contributed by atoms with Gasteiger partial charge in [0.1, 0.15) is 5.82 Å². The fourth-order valence-corrected chi connectivity index (χ4v) is 9.00. The van der Waals surface area contributed by atoms with E-state index in [1.807, 2.05) is 18.3 Å². The molecule has 0 saturated carbocycles. The molecule has 1 aliphatic heterocycles. The van der Waals surface area contributed by atoms with Crippen LogP contribution in [0.15, 0.2) is 188 Å². The number of fused-ring (bicyclic) bond motifs is 3. The number of rotatable bonds is 10. The number of nitrogens with zero attached hydrogens (tertiary/aromatic N) is 4. The second-order valence-corrected chi connectivity index (χ2v) is 19.2. The van der Waals surface area contributed by atoms with Crippen molar-refractivity contribution in [1.82, 2.24) is 9.55 Å². The molecule has 332 valence electrons. The maximum Gasteiger partial charge on any atom is 0.135 e. The van der Waals surface area contributed by atoms with Crippen LogP contribution in [-0.4, -0.2) is 9.55 Å². The van der Waals surface area contributed by atoms with Crippen molar-refractivity contribution in [3.05, 3.63) is 235 Å². The third-order valence-electron chi connectivity index (χ3n) is 13.1. The van der Waals surface area contributed by atoms with E-state index in [4.69, 9.17) is 9.72 Å². The molecule has 0 saturated heterocycles. The molecule has 0 atom stereocenters. The summed E-state index contributed by atoms with van der Waals surface area (Å²) in [4.78, 5) is 9.29. The van der Waals surface area contributed by atoms with Crippen LogP contribution in [0.4, 0.5) is 11.4 Å². The molecular weight excluding hydrogens is 988 g/mol. The summed E-state index contributed by atoms with van der Waals surface area (Å²) in [5.74, 6) is 2.00. The van der Waals surface area contributed by atoms with E-state index in [-0.39, 0.29) is 37.3 Å². The van der Waals surface area contributed by atoms with Crippen molar-refractivity contribution in [2.24, 2.45) is 0 Å².